The smallest absolute Gasteiger partial charge is 0.261 e. The maximum atomic E-state index is 11.4. The largest absolute Gasteiger partial charge is 0.386 e. The van der Waals surface area contributed by atoms with E-state index in [4.69, 9.17) is 0 Å². The van der Waals surface area contributed by atoms with Crippen LogP contribution in [0.15, 0.2) is 47.6 Å². The molecule has 0 bridgehead atoms. The van der Waals surface area contributed by atoms with Crippen LogP contribution >= 0.6 is 0 Å². The number of oxime groups is 1. The highest BCUT2D eigenvalue weighted by atomic mass is 16.6. The first-order chi connectivity index (χ1) is 8.81. The van der Waals surface area contributed by atoms with Crippen LogP contribution in [0, 0.1) is 0 Å². The van der Waals surface area contributed by atoms with Crippen LogP contribution in [0.2, 0.25) is 0 Å². The van der Waals surface area contributed by atoms with Gasteiger partial charge < -0.3 is 10.2 Å². The second-order valence-electron chi connectivity index (χ2n) is 3.82. The summed E-state index contributed by atoms with van der Waals surface area (Å²) in [4.78, 5) is 16.0. The lowest BCUT2D eigenvalue weighted by Crippen LogP contribution is -2.26. The molecular weight excluding hydrogens is 228 g/mol. The van der Waals surface area contributed by atoms with Crippen LogP contribution in [0.3, 0.4) is 0 Å². The van der Waals surface area contributed by atoms with Gasteiger partial charge in [0.15, 0.2) is 6.61 Å². The Morgan fingerprint density at radius 2 is 2.00 bits per heavy atom. The number of nitrogens with one attached hydrogen (secondary N) is 1. The molecule has 1 amide bonds. The number of rotatable bonds is 5. The Balaban J connectivity index is 2.08. The Hall–Kier alpha value is -2.36. The normalized spacial score (nSPS) is 10.0. The van der Waals surface area contributed by atoms with E-state index in [9.17, 15) is 4.79 Å². The van der Waals surface area contributed by atoms with E-state index in [0.717, 1.165) is 16.3 Å². The molecule has 4 nitrogen and oxygen atoms in total. The standard InChI is InChI=1S/C14H14N2O2/c1-15-18-10-14(17)16-9-12-7-4-6-11-5-2-3-8-13(11)12/h2-8H,1,9-10H2,(H,16,17). The topological polar surface area (TPSA) is 50.7 Å². The van der Waals surface area contributed by atoms with Crippen LogP contribution in [0.5, 0.6) is 0 Å². The zero-order valence-corrected chi connectivity index (χ0v) is 9.93. The van der Waals surface area contributed by atoms with Crippen molar-refractivity contribution < 1.29 is 9.63 Å². The molecule has 0 fully saturated rings. The fourth-order valence-electron chi connectivity index (χ4n) is 1.80. The second-order valence-corrected chi connectivity index (χ2v) is 3.82. The highest BCUT2D eigenvalue weighted by molar-refractivity contribution is 5.86. The van der Waals surface area contributed by atoms with Crippen LogP contribution in [-0.2, 0) is 16.2 Å². The van der Waals surface area contributed by atoms with Crippen molar-refractivity contribution in [2.45, 2.75) is 6.54 Å². The van der Waals surface area contributed by atoms with Gasteiger partial charge in [-0.05, 0) is 16.3 Å². The minimum absolute atomic E-state index is 0.103. The molecule has 92 valence electrons. The second kappa shape index (κ2) is 5.82. The number of carbonyl (C=O) groups excluding carboxylic acids is 1. The number of amides is 1. The third-order valence-corrected chi connectivity index (χ3v) is 2.64. The molecule has 0 aliphatic rings. The summed E-state index contributed by atoms with van der Waals surface area (Å²) in [6, 6.07) is 14.1. The molecule has 2 rings (SSSR count). The third-order valence-electron chi connectivity index (χ3n) is 2.64. The number of hydrogen-bond donors (Lipinski definition) is 1. The molecule has 0 radical (unpaired) electrons. The van der Waals surface area contributed by atoms with Gasteiger partial charge in [-0.1, -0.05) is 42.5 Å². The number of hydrogen-bond acceptors (Lipinski definition) is 3. The molecule has 0 atom stereocenters. The first-order valence-corrected chi connectivity index (χ1v) is 5.62. The molecule has 0 saturated carbocycles. The summed E-state index contributed by atoms with van der Waals surface area (Å²) in [5, 5.41) is 8.25. The molecule has 2 aromatic carbocycles. The average Bonchev–Trinajstić information content (AvgIpc) is 2.42. The van der Waals surface area contributed by atoms with Crippen molar-refractivity contribution in [3.8, 4) is 0 Å². The summed E-state index contributed by atoms with van der Waals surface area (Å²) in [6.45, 7) is 3.51. The quantitative estimate of drug-likeness (QED) is 0.644. The van der Waals surface area contributed by atoms with E-state index in [0.29, 0.717) is 6.54 Å². The molecule has 0 spiro atoms. The minimum Gasteiger partial charge on any atom is -0.386 e. The summed E-state index contributed by atoms with van der Waals surface area (Å²) in [5.41, 5.74) is 1.08. The molecule has 4 heteroatoms. The SMILES string of the molecule is C=NOCC(=O)NCc1cccc2ccccc12. The van der Waals surface area contributed by atoms with Crippen molar-refractivity contribution in [2.24, 2.45) is 5.16 Å². The Bertz CT molecular complexity index is 561. The first-order valence-electron chi connectivity index (χ1n) is 5.62. The highest BCUT2D eigenvalue weighted by Gasteiger charge is 2.03. The van der Waals surface area contributed by atoms with Crippen molar-refractivity contribution in [1.29, 1.82) is 0 Å². The van der Waals surface area contributed by atoms with E-state index >= 15 is 0 Å². The van der Waals surface area contributed by atoms with Gasteiger partial charge in [-0.25, -0.2) is 0 Å². The fraction of sp³-hybridized carbons (Fsp3) is 0.143. The maximum absolute atomic E-state index is 11.4. The van der Waals surface area contributed by atoms with Gasteiger partial charge in [0.05, 0.1) is 0 Å². The predicted molar refractivity (Wildman–Crippen MR) is 71.3 cm³/mol. The van der Waals surface area contributed by atoms with Crippen LogP contribution in [0.4, 0.5) is 0 Å². The van der Waals surface area contributed by atoms with Crippen LogP contribution < -0.4 is 5.32 Å². The van der Waals surface area contributed by atoms with Crippen molar-refractivity contribution in [1.82, 2.24) is 5.32 Å². The number of carbonyl (C=O) groups is 1. The van der Waals surface area contributed by atoms with Gasteiger partial charge in [0.2, 0.25) is 0 Å². The van der Waals surface area contributed by atoms with Gasteiger partial charge in [0, 0.05) is 13.3 Å². The van der Waals surface area contributed by atoms with E-state index in [1.54, 1.807) is 0 Å². The Labute approximate surface area is 105 Å². The van der Waals surface area contributed by atoms with E-state index in [2.05, 4.69) is 22.0 Å². The molecule has 2 aromatic rings. The molecule has 0 unspecified atom stereocenters. The lowest BCUT2D eigenvalue weighted by atomic mass is 10.0. The fourth-order valence-corrected chi connectivity index (χ4v) is 1.80. The third kappa shape index (κ3) is 2.85. The zero-order valence-electron chi connectivity index (χ0n) is 9.93. The molecule has 0 saturated heterocycles. The summed E-state index contributed by atoms with van der Waals surface area (Å²) >= 11 is 0. The summed E-state index contributed by atoms with van der Waals surface area (Å²) in [7, 11) is 0. The molecule has 0 heterocycles. The summed E-state index contributed by atoms with van der Waals surface area (Å²) in [5.74, 6) is -0.213. The molecule has 0 aliphatic carbocycles. The number of fused-ring (bicyclic) bond motifs is 1. The van der Waals surface area contributed by atoms with Crippen LogP contribution in [-0.4, -0.2) is 19.2 Å². The van der Waals surface area contributed by atoms with Gasteiger partial charge in [0.25, 0.3) is 5.91 Å². The van der Waals surface area contributed by atoms with Crippen molar-refractivity contribution in [3.63, 3.8) is 0 Å². The monoisotopic (exact) mass is 242 g/mol. The van der Waals surface area contributed by atoms with Crippen molar-refractivity contribution in [2.75, 3.05) is 6.61 Å². The lowest BCUT2D eigenvalue weighted by Gasteiger charge is -2.07. The first kappa shape index (κ1) is 12.1. The van der Waals surface area contributed by atoms with E-state index in [-0.39, 0.29) is 12.5 Å². The summed E-state index contributed by atoms with van der Waals surface area (Å²) < 4.78 is 0. The highest BCUT2D eigenvalue weighted by Crippen LogP contribution is 2.18. The van der Waals surface area contributed by atoms with Gasteiger partial charge in [-0.15, -0.1) is 5.16 Å². The van der Waals surface area contributed by atoms with Gasteiger partial charge >= 0.3 is 0 Å². The van der Waals surface area contributed by atoms with Gasteiger partial charge in [0.1, 0.15) is 0 Å². The van der Waals surface area contributed by atoms with Crippen molar-refractivity contribution in [3.05, 3.63) is 48.0 Å². The average molecular weight is 242 g/mol. The number of benzene rings is 2. The van der Waals surface area contributed by atoms with E-state index in [1.807, 2.05) is 42.5 Å². The van der Waals surface area contributed by atoms with E-state index in [1.165, 1.54) is 0 Å². The lowest BCUT2D eigenvalue weighted by molar-refractivity contribution is -0.125. The Morgan fingerprint density at radius 1 is 1.22 bits per heavy atom. The van der Waals surface area contributed by atoms with E-state index < -0.39 is 0 Å². The zero-order chi connectivity index (χ0) is 12.8. The Morgan fingerprint density at radius 3 is 2.83 bits per heavy atom. The van der Waals surface area contributed by atoms with Gasteiger partial charge in [-0.3, -0.25) is 4.79 Å². The molecule has 0 aliphatic heterocycles. The van der Waals surface area contributed by atoms with Gasteiger partial charge in [-0.2, -0.15) is 0 Å². The number of nitrogens with zero attached hydrogens (tertiary/aromatic N) is 1. The molecule has 1 N–H and O–H groups in total. The molecular formula is C14H14N2O2. The Kier molecular flexibility index (Phi) is 3.91. The van der Waals surface area contributed by atoms with Crippen LogP contribution in [0.1, 0.15) is 5.56 Å². The van der Waals surface area contributed by atoms with Crippen molar-refractivity contribution >= 4 is 23.4 Å². The molecule has 0 aromatic heterocycles. The van der Waals surface area contributed by atoms with Crippen LogP contribution in [0.25, 0.3) is 10.8 Å². The molecule has 18 heavy (non-hydrogen) atoms. The maximum Gasteiger partial charge on any atom is 0.261 e. The minimum atomic E-state index is -0.213. The predicted octanol–water partition coefficient (Wildman–Crippen LogP) is 2.09. The summed E-state index contributed by atoms with van der Waals surface area (Å²) in [6.07, 6.45) is 0.